The van der Waals surface area contributed by atoms with Crippen molar-refractivity contribution in [3.8, 4) is 11.5 Å². The summed E-state index contributed by atoms with van der Waals surface area (Å²) in [5.74, 6) is 1.85. The molecule has 0 saturated carbocycles. The number of fused-ring (bicyclic) bond motifs is 1. The zero-order valence-corrected chi connectivity index (χ0v) is 12.9. The smallest absolute Gasteiger partial charge is 0.127 e. The molecule has 1 aliphatic carbocycles. The summed E-state index contributed by atoms with van der Waals surface area (Å²) in [6.45, 7) is 5.29. The van der Waals surface area contributed by atoms with Crippen LogP contribution in [0.5, 0.6) is 11.5 Å². The van der Waals surface area contributed by atoms with E-state index in [1.807, 2.05) is 0 Å². The van der Waals surface area contributed by atoms with E-state index in [1.165, 1.54) is 36.0 Å². The molecule has 3 rings (SSSR count). The molecule has 21 heavy (non-hydrogen) atoms. The summed E-state index contributed by atoms with van der Waals surface area (Å²) in [4.78, 5) is 0. The standard InChI is InChI=1S/C19H23NO/c1-3-20-14(2)15-7-10-18(11-8-15)21-19-12-9-16-5-4-6-17(16)13-19/h7-14,20H,3-6H2,1-2H3. The van der Waals surface area contributed by atoms with Crippen LogP contribution in [0.1, 0.15) is 43.0 Å². The first-order valence-corrected chi connectivity index (χ1v) is 7.89. The Labute approximate surface area is 127 Å². The van der Waals surface area contributed by atoms with Crippen LogP contribution in [0.4, 0.5) is 0 Å². The first-order chi connectivity index (χ1) is 10.3. The molecule has 0 heterocycles. The SMILES string of the molecule is CCNC(C)c1ccc(Oc2ccc3c(c2)CCC3)cc1. The maximum absolute atomic E-state index is 5.98. The number of rotatable bonds is 5. The minimum absolute atomic E-state index is 0.379. The molecule has 1 aliphatic rings. The number of hydrogen-bond acceptors (Lipinski definition) is 2. The summed E-state index contributed by atoms with van der Waals surface area (Å²) in [6, 6.07) is 15.2. The molecule has 0 radical (unpaired) electrons. The topological polar surface area (TPSA) is 21.3 Å². The van der Waals surface area contributed by atoms with Gasteiger partial charge in [0.15, 0.2) is 0 Å². The summed E-state index contributed by atoms with van der Waals surface area (Å²) in [7, 11) is 0. The molecule has 2 nitrogen and oxygen atoms in total. The van der Waals surface area contributed by atoms with Gasteiger partial charge in [0.2, 0.25) is 0 Å². The highest BCUT2D eigenvalue weighted by Crippen LogP contribution is 2.29. The number of ether oxygens (including phenoxy) is 1. The van der Waals surface area contributed by atoms with Crippen molar-refractivity contribution in [2.75, 3.05) is 6.54 Å². The zero-order chi connectivity index (χ0) is 14.7. The molecule has 0 amide bonds. The van der Waals surface area contributed by atoms with Crippen molar-refractivity contribution in [3.63, 3.8) is 0 Å². The summed E-state index contributed by atoms with van der Waals surface area (Å²) < 4.78 is 5.98. The molecular weight excluding hydrogens is 258 g/mol. The Bertz CT molecular complexity index is 603. The maximum Gasteiger partial charge on any atom is 0.127 e. The van der Waals surface area contributed by atoms with Gasteiger partial charge in [0.05, 0.1) is 0 Å². The first kappa shape index (κ1) is 14.2. The molecule has 2 aromatic rings. The first-order valence-electron chi connectivity index (χ1n) is 7.89. The molecule has 0 fully saturated rings. The van der Waals surface area contributed by atoms with Crippen LogP contribution in [0.2, 0.25) is 0 Å². The van der Waals surface area contributed by atoms with Crippen LogP contribution in [0.25, 0.3) is 0 Å². The molecule has 110 valence electrons. The highest BCUT2D eigenvalue weighted by molar-refractivity contribution is 5.41. The Morgan fingerprint density at radius 2 is 1.71 bits per heavy atom. The molecule has 0 aliphatic heterocycles. The van der Waals surface area contributed by atoms with Crippen molar-refractivity contribution in [3.05, 3.63) is 59.2 Å². The minimum Gasteiger partial charge on any atom is -0.457 e. The van der Waals surface area contributed by atoms with Gasteiger partial charge < -0.3 is 10.1 Å². The Morgan fingerprint density at radius 1 is 1.00 bits per heavy atom. The fourth-order valence-electron chi connectivity index (χ4n) is 3.00. The van der Waals surface area contributed by atoms with E-state index >= 15 is 0 Å². The van der Waals surface area contributed by atoms with Crippen molar-refractivity contribution in [1.82, 2.24) is 5.32 Å². The predicted molar refractivity (Wildman–Crippen MR) is 87.1 cm³/mol. The van der Waals surface area contributed by atoms with Crippen LogP contribution in [-0.2, 0) is 12.8 Å². The number of aryl methyl sites for hydroxylation is 2. The van der Waals surface area contributed by atoms with Crippen LogP contribution in [-0.4, -0.2) is 6.54 Å². The number of hydrogen-bond donors (Lipinski definition) is 1. The van der Waals surface area contributed by atoms with Gasteiger partial charge in [-0.2, -0.15) is 0 Å². The Hall–Kier alpha value is -1.80. The monoisotopic (exact) mass is 281 g/mol. The van der Waals surface area contributed by atoms with Gasteiger partial charge in [-0.05, 0) is 73.7 Å². The lowest BCUT2D eigenvalue weighted by Crippen LogP contribution is -2.17. The summed E-state index contributed by atoms with van der Waals surface area (Å²) in [6.07, 6.45) is 3.67. The average Bonchev–Trinajstić information content (AvgIpc) is 2.96. The molecule has 0 saturated heterocycles. The molecule has 0 aromatic heterocycles. The highest BCUT2D eigenvalue weighted by atomic mass is 16.5. The van der Waals surface area contributed by atoms with E-state index in [-0.39, 0.29) is 0 Å². The van der Waals surface area contributed by atoms with Crippen LogP contribution in [0.15, 0.2) is 42.5 Å². The second-order valence-corrected chi connectivity index (χ2v) is 5.73. The molecular formula is C19H23NO. The lowest BCUT2D eigenvalue weighted by atomic mass is 10.1. The Morgan fingerprint density at radius 3 is 2.48 bits per heavy atom. The molecule has 1 N–H and O–H groups in total. The second-order valence-electron chi connectivity index (χ2n) is 5.73. The van der Waals surface area contributed by atoms with Gasteiger partial charge in [0, 0.05) is 6.04 Å². The van der Waals surface area contributed by atoms with E-state index in [0.29, 0.717) is 6.04 Å². The van der Waals surface area contributed by atoms with E-state index < -0.39 is 0 Å². The maximum atomic E-state index is 5.98. The lowest BCUT2D eigenvalue weighted by Gasteiger charge is -2.13. The van der Waals surface area contributed by atoms with Gasteiger partial charge in [-0.3, -0.25) is 0 Å². The Balaban J connectivity index is 1.70. The van der Waals surface area contributed by atoms with E-state index in [1.54, 1.807) is 0 Å². The summed E-state index contributed by atoms with van der Waals surface area (Å²) in [5, 5.41) is 3.42. The number of nitrogens with one attached hydrogen (secondary N) is 1. The van der Waals surface area contributed by atoms with Crippen molar-refractivity contribution in [2.45, 2.75) is 39.2 Å². The summed E-state index contributed by atoms with van der Waals surface area (Å²) >= 11 is 0. The van der Waals surface area contributed by atoms with E-state index in [9.17, 15) is 0 Å². The van der Waals surface area contributed by atoms with Crippen molar-refractivity contribution >= 4 is 0 Å². The van der Waals surface area contributed by atoms with Crippen LogP contribution >= 0.6 is 0 Å². The molecule has 1 unspecified atom stereocenters. The minimum atomic E-state index is 0.379. The van der Waals surface area contributed by atoms with Crippen molar-refractivity contribution < 1.29 is 4.74 Å². The summed E-state index contributed by atoms with van der Waals surface area (Å²) in [5.41, 5.74) is 4.22. The van der Waals surface area contributed by atoms with Crippen molar-refractivity contribution in [1.29, 1.82) is 0 Å². The van der Waals surface area contributed by atoms with Gasteiger partial charge >= 0.3 is 0 Å². The molecule has 1 atom stereocenters. The highest BCUT2D eigenvalue weighted by Gasteiger charge is 2.11. The Kier molecular flexibility index (Phi) is 4.26. The zero-order valence-electron chi connectivity index (χ0n) is 12.9. The second kappa shape index (κ2) is 6.31. The van der Waals surface area contributed by atoms with Crippen LogP contribution in [0.3, 0.4) is 0 Å². The molecule has 0 bridgehead atoms. The average molecular weight is 281 g/mol. The lowest BCUT2D eigenvalue weighted by molar-refractivity contribution is 0.481. The third-order valence-corrected chi connectivity index (χ3v) is 4.20. The van der Waals surface area contributed by atoms with Crippen LogP contribution in [0, 0.1) is 0 Å². The molecule has 2 heteroatoms. The normalized spacial score (nSPS) is 14.8. The van der Waals surface area contributed by atoms with Gasteiger partial charge in [-0.25, -0.2) is 0 Å². The predicted octanol–water partition coefficient (Wildman–Crippen LogP) is 4.64. The fraction of sp³-hybridized carbons (Fsp3) is 0.368. The van der Waals surface area contributed by atoms with E-state index in [4.69, 9.17) is 4.74 Å². The van der Waals surface area contributed by atoms with Gasteiger partial charge in [0.25, 0.3) is 0 Å². The quantitative estimate of drug-likeness (QED) is 0.862. The largest absolute Gasteiger partial charge is 0.457 e. The van der Waals surface area contributed by atoms with Gasteiger partial charge in [-0.1, -0.05) is 25.1 Å². The third-order valence-electron chi connectivity index (χ3n) is 4.20. The molecule has 0 spiro atoms. The fourth-order valence-corrected chi connectivity index (χ4v) is 3.00. The van der Waals surface area contributed by atoms with Gasteiger partial charge in [-0.15, -0.1) is 0 Å². The van der Waals surface area contributed by atoms with Gasteiger partial charge in [0.1, 0.15) is 11.5 Å². The third kappa shape index (κ3) is 3.27. The van der Waals surface area contributed by atoms with E-state index in [2.05, 4.69) is 61.6 Å². The number of benzene rings is 2. The van der Waals surface area contributed by atoms with E-state index in [0.717, 1.165) is 18.0 Å². The molecule has 2 aromatic carbocycles. The van der Waals surface area contributed by atoms with Crippen molar-refractivity contribution in [2.24, 2.45) is 0 Å². The van der Waals surface area contributed by atoms with Crippen LogP contribution < -0.4 is 10.1 Å².